The molecule has 0 fully saturated rings. The molecule has 0 heterocycles. The molecule has 19 heavy (non-hydrogen) atoms. The Morgan fingerprint density at radius 2 is 1.89 bits per heavy atom. The molecule has 2 aromatic carbocycles. The summed E-state index contributed by atoms with van der Waals surface area (Å²) in [4.78, 5) is 10.1. The summed E-state index contributed by atoms with van der Waals surface area (Å²) < 4.78 is 19.6. The second-order valence-corrected chi connectivity index (χ2v) is 5.20. The Bertz CT molecular complexity index is 634. The van der Waals surface area contributed by atoms with Crippen molar-refractivity contribution in [3.8, 4) is 11.5 Å². The molecule has 0 saturated carbocycles. The van der Waals surface area contributed by atoms with Crippen molar-refractivity contribution in [1.29, 1.82) is 0 Å². The zero-order valence-electron chi connectivity index (χ0n) is 9.27. The van der Waals surface area contributed by atoms with Gasteiger partial charge in [-0.25, -0.2) is 4.39 Å². The van der Waals surface area contributed by atoms with Crippen molar-refractivity contribution in [3.05, 3.63) is 60.9 Å². The number of rotatable bonds is 3. The minimum atomic E-state index is -0.858. The summed E-state index contributed by atoms with van der Waals surface area (Å²) in [6, 6.07) is 8.71. The smallest absolute Gasteiger partial charge is 0.314 e. The lowest BCUT2D eigenvalue weighted by Gasteiger charge is -2.07. The molecule has 0 aromatic heterocycles. The Morgan fingerprint density at radius 3 is 2.47 bits per heavy atom. The molecule has 0 saturated heterocycles. The normalized spacial score (nSPS) is 10.3. The molecule has 7 heteroatoms. The largest absolute Gasteiger partial charge is 0.450 e. The van der Waals surface area contributed by atoms with Crippen LogP contribution in [0.2, 0.25) is 5.02 Å². The van der Waals surface area contributed by atoms with Crippen molar-refractivity contribution in [3.63, 3.8) is 0 Å². The first-order chi connectivity index (χ1) is 8.97. The van der Waals surface area contributed by atoms with E-state index < -0.39 is 16.4 Å². The predicted molar refractivity (Wildman–Crippen MR) is 77.3 cm³/mol. The highest BCUT2D eigenvalue weighted by Gasteiger charge is 2.19. The number of hydrogen-bond acceptors (Lipinski definition) is 3. The van der Waals surface area contributed by atoms with Gasteiger partial charge in [-0.1, -0.05) is 11.6 Å². The van der Waals surface area contributed by atoms with Crippen LogP contribution in [-0.4, -0.2) is 4.92 Å². The highest BCUT2D eigenvalue weighted by Crippen LogP contribution is 2.35. The van der Waals surface area contributed by atoms with E-state index in [1.807, 2.05) is 0 Å². The maximum Gasteiger partial charge on any atom is 0.314 e. The highest BCUT2D eigenvalue weighted by molar-refractivity contribution is 14.1. The van der Waals surface area contributed by atoms with E-state index in [0.717, 1.165) is 15.7 Å². The van der Waals surface area contributed by atoms with Crippen LogP contribution in [0.25, 0.3) is 0 Å². The van der Waals surface area contributed by atoms with Crippen molar-refractivity contribution in [2.24, 2.45) is 0 Å². The summed E-state index contributed by atoms with van der Waals surface area (Å²) in [7, 11) is 0. The van der Waals surface area contributed by atoms with Gasteiger partial charge in [0, 0.05) is 9.64 Å². The lowest BCUT2D eigenvalue weighted by Crippen LogP contribution is -1.95. The van der Waals surface area contributed by atoms with Crippen molar-refractivity contribution in [2.45, 2.75) is 0 Å². The minimum absolute atomic E-state index is 0.0994. The van der Waals surface area contributed by atoms with Crippen molar-refractivity contribution < 1.29 is 14.1 Å². The van der Waals surface area contributed by atoms with Crippen LogP contribution in [0.5, 0.6) is 11.5 Å². The molecule has 0 aliphatic carbocycles. The molecule has 0 unspecified atom stereocenters. The summed E-state index contributed by atoms with van der Waals surface area (Å²) >= 11 is 7.72. The van der Waals surface area contributed by atoms with Crippen LogP contribution in [0, 0.1) is 19.5 Å². The summed E-state index contributed by atoms with van der Waals surface area (Å²) in [6.45, 7) is 0. The van der Waals surface area contributed by atoms with Crippen LogP contribution in [0.15, 0.2) is 36.4 Å². The molecule has 0 aliphatic rings. The number of nitro groups is 1. The molecule has 0 amide bonds. The Kier molecular flexibility index (Phi) is 4.20. The van der Waals surface area contributed by atoms with Gasteiger partial charge in [-0.15, -0.1) is 0 Å². The van der Waals surface area contributed by atoms with E-state index in [4.69, 9.17) is 16.3 Å². The number of nitro benzene ring substituents is 1. The van der Waals surface area contributed by atoms with E-state index in [-0.39, 0.29) is 10.8 Å². The third-order valence-corrected chi connectivity index (χ3v) is 3.25. The first-order valence-corrected chi connectivity index (χ1v) is 6.50. The van der Waals surface area contributed by atoms with Gasteiger partial charge in [-0.05, 0) is 46.9 Å². The van der Waals surface area contributed by atoms with Gasteiger partial charge in [-0.3, -0.25) is 10.1 Å². The Balaban J connectivity index is 2.41. The quantitative estimate of drug-likeness (QED) is 0.428. The van der Waals surface area contributed by atoms with Gasteiger partial charge in [0.25, 0.3) is 0 Å². The standard InChI is InChI=1S/C12H6ClFINO3/c13-9-5-12(11(16(17)18)6-10(9)14)19-8-3-1-7(15)2-4-8/h1-6H. The average Bonchev–Trinajstić information content (AvgIpc) is 2.36. The molecule has 2 rings (SSSR count). The van der Waals surface area contributed by atoms with Crippen LogP contribution < -0.4 is 4.74 Å². The van der Waals surface area contributed by atoms with Crippen LogP contribution in [0.3, 0.4) is 0 Å². The van der Waals surface area contributed by atoms with Crippen LogP contribution >= 0.6 is 34.2 Å². The minimum Gasteiger partial charge on any atom is -0.450 e. The van der Waals surface area contributed by atoms with Gasteiger partial charge in [0.1, 0.15) is 11.6 Å². The molecule has 98 valence electrons. The van der Waals surface area contributed by atoms with Gasteiger partial charge in [0.05, 0.1) is 16.0 Å². The van der Waals surface area contributed by atoms with Crippen molar-refractivity contribution in [1.82, 2.24) is 0 Å². The second kappa shape index (κ2) is 5.70. The fraction of sp³-hybridized carbons (Fsp3) is 0. The van der Waals surface area contributed by atoms with Gasteiger partial charge in [-0.2, -0.15) is 0 Å². The maximum atomic E-state index is 13.2. The molecule has 2 aromatic rings. The Labute approximate surface area is 126 Å². The van der Waals surface area contributed by atoms with E-state index in [1.54, 1.807) is 24.3 Å². The van der Waals surface area contributed by atoms with Gasteiger partial charge in [0.2, 0.25) is 5.75 Å². The molecular weight excluding hydrogens is 387 g/mol. The Morgan fingerprint density at radius 1 is 1.26 bits per heavy atom. The van der Waals surface area contributed by atoms with Crippen LogP contribution in [0.4, 0.5) is 10.1 Å². The van der Waals surface area contributed by atoms with Gasteiger partial charge in [0.15, 0.2) is 0 Å². The number of ether oxygens (including phenoxy) is 1. The summed E-state index contributed by atoms with van der Waals surface area (Å²) in [5.74, 6) is -0.549. The number of nitrogens with zero attached hydrogens (tertiary/aromatic N) is 1. The van der Waals surface area contributed by atoms with Crippen LogP contribution in [-0.2, 0) is 0 Å². The van der Waals surface area contributed by atoms with E-state index in [9.17, 15) is 14.5 Å². The lowest BCUT2D eigenvalue weighted by molar-refractivity contribution is -0.385. The SMILES string of the molecule is O=[N+]([O-])c1cc(F)c(Cl)cc1Oc1ccc(I)cc1. The Hall–Kier alpha value is -1.41. The van der Waals surface area contributed by atoms with E-state index in [1.165, 1.54) is 0 Å². The third-order valence-electron chi connectivity index (χ3n) is 2.24. The van der Waals surface area contributed by atoms with E-state index >= 15 is 0 Å². The predicted octanol–water partition coefficient (Wildman–Crippen LogP) is 4.78. The zero-order chi connectivity index (χ0) is 14.0. The first-order valence-electron chi connectivity index (χ1n) is 5.04. The van der Waals surface area contributed by atoms with Crippen molar-refractivity contribution >= 4 is 39.9 Å². The molecular formula is C12H6ClFINO3. The fourth-order valence-electron chi connectivity index (χ4n) is 1.37. The monoisotopic (exact) mass is 393 g/mol. The van der Waals surface area contributed by atoms with Crippen LogP contribution in [0.1, 0.15) is 0 Å². The molecule has 0 N–H and O–H groups in total. The van der Waals surface area contributed by atoms with Gasteiger partial charge >= 0.3 is 5.69 Å². The van der Waals surface area contributed by atoms with E-state index in [2.05, 4.69) is 22.6 Å². The molecule has 0 radical (unpaired) electrons. The molecule has 0 spiro atoms. The molecule has 0 atom stereocenters. The number of halogens is 3. The summed E-state index contributed by atoms with van der Waals surface area (Å²) in [5, 5.41) is 10.6. The highest BCUT2D eigenvalue weighted by atomic mass is 127. The third kappa shape index (κ3) is 3.32. The zero-order valence-corrected chi connectivity index (χ0v) is 12.2. The molecule has 0 bridgehead atoms. The second-order valence-electron chi connectivity index (χ2n) is 3.55. The number of benzene rings is 2. The van der Waals surface area contributed by atoms with Crippen molar-refractivity contribution in [2.75, 3.05) is 0 Å². The summed E-state index contributed by atoms with van der Waals surface area (Å²) in [6.07, 6.45) is 0. The summed E-state index contributed by atoms with van der Waals surface area (Å²) in [5.41, 5.74) is -0.472. The topological polar surface area (TPSA) is 52.4 Å². The lowest BCUT2D eigenvalue weighted by atomic mass is 10.3. The fourth-order valence-corrected chi connectivity index (χ4v) is 1.89. The van der Waals surface area contributed by atoms with Gasteiger partial charge < -0.3 is 4.74 Å². The molecule has 4 nitrogen and oxygen atoms in total. The molecule has 0 aliphatic heterocycles. The first kappa shape index (κ1) is 14.0. The number of hydrogen-bond donors (Lipinski definition) is 0. The maximum absolute atomic E-state index is 13.2. The average molecular weight is 394 g/mol. The van der Waals surface area contributed by atoms with E-state index in [0.29, 0.717) is 5.75 Å².